The molecule has 0 spiro atoms. The van der Waals surface area contributed by atoms with Gasteiger partial charge >= 0.3 is 0 Å². The molecule has 2 rings (SSSR count). The molecule has 0 aromatic carbocycles. The number of hydrogen-bond acceptors (Lipinski definition) is 5. The number of ether oxygens (including phenoxy) is 1. The summed E-state index contributed by atoms with van der Waals surface area (Å²) in [5, 5.41) is 2.88. The van der Waals surface area contributed by atoms with Gasteiger partial charge in [0.05, 0.1) is 5.56 Å². The van der Waals surface area contributed by atoms with Gasteiger partial charge in [-0.05, 0) is 40.8 Å². The second-order valence-electron chi connectivity index (χ2n) is 4.47. The maximum atomic E-state index is 12.1. The van der Waals surface area contributed by atoms with Crippen LogP contribution in [0.25, 0.3) is 0 Å². The molecule has 0 radical (unpaired) electrons. The van der Waals surface area contributed by atoms with Gasteiger partial charge in [-0.3, -0.25) is 4.79 Å². The number of nitrogens with two attached hydrogens (primary N) is 1. The quantitative estimate of drug-likeness (QED) is 0.559. The van der Waals surface area contributed by atoms with E-state index < -0.39 is 0 Å². The van der Waals surface area contributed by atoms with Crippen molar-refractivity contribution in [2.45, 2.75) is 12.8 Å². The number of aromatic nitrogens is 1. The Morgan fingerprint density at radius 1 is 1.63 bits per heavy atom. The number of halogens is 1. The van der Waals surface area contributed by atoms with E-state index >= 15 is 0 Å². The van der Waals surface area contributed by atoms with Crippen LogP contribution in [-0.4, -0.2) is 30.6 Å². The van der Waals surface area contributed by atoms with Gasteiger partial charge in [0.25, 0.3) is 5.91 Å². The molecule has 1 fully saturated rings. The number of pyridine rings is 1. The second-order valence-corrected chi connectivity index (χ2v) is 5.38. The molecule has 0 bridgehead atoms. The van der Waals surface area contributed by atoms with Crippen LogP contribution < -0.4 is 16.6 Å². The monoisotopic (exact) mass is 328 g/mol. The highest BCUT2D eigenvalue weighted by Gasteiger charge is 2.17. The van der Waals surface area contributed by atoms with Gasteiger partial charge in [-0.25, -0.2) is 10.8 Å². The van der Waals surface area contributed by atoms with Crippen molar-refractivity contribution < 1.29 is 9.53 Å². The van der Waals surface area contributed by atoms with Gasteiger partial charge in [0.2, 0.25) is 0 Å². The van der Waals surface area contributed by atoms with E-state index in [9.17, 15) is 4.79 Å². The molecule has 1 aromatic rings. The van der Waals surface area contributed by atoms with Crippen LogP contribution >= 0.6 is 15.9 Å². The van der Waals surface area contributed by atoms with Crippen molar-refractivity contribution >= 4 is 27.7 Å². The van der Waals surface area contributed by atoms with Gasteiger partial charge in [0.1, 0.15) is 0 Å². The average molecular weight is 329 g/mol. The molecule has 1 aromatic heterocycles. The predicted octanol–water partition coefficient (Wildman–Crippen LogP) is 1.29. The molecule has 2 heterocycles. The lowest BCUT2D eigenvalue weighted by Crippen LogP contribution is -2.27. The molecule has 7 heteroatoms. The molecule has 104 valence electrons. The summed E-state index contributed by atoms with van der Waals surface area (Å²) >= 11 is 3.29. The number of amides is 1. The van der Waals surface area contributed by atoms with Gasteiger partial charge in [-0.2, -0.15) is 0 Å². The van der Waals surface area contributed by atoms with Crippen molar-refractivity contribution in [2.75, 3.05) is 25.2 Å². The molecular formula is C12H17BrN4O2. The standard InChI is InChI=1S/C12H17BrN4O2/c13-9-5-10(11(17-14)16-6-9)12(18)15-3-1-8-2-4-19-7-8/h5-6,8H,1-4,7,14H2,(H,15,18)(H,16,17). The van der Waals surface area contributed by atoms with Crippen molar-refractivity contribution in [3.05, 3.63) is 22.3 Å². The Morgan fingerprint density at radius 3 is 3.16 bits per heavy atom. The summed E-state index contributed by atoms with van der Waals surface area (Å²) in [4.78, 5) is 16.1. The number of hydrogen-bond donors (Lipinski definition) is 3. The molecule has 6 nitrogen and oxygen atoms in total. The summed E-state index contributed by atoms with van der Waals surface area (Å²) in [6.45, 7) is 2.25. The molecule has 1 atom stereocenters. The van der Waals surface area contributed by atoms with Crippen LogP contribution in [0, 0.1) is 5.92 Å². The van der Waals surface area contributed by atoms with E-state index in [1.165, 1.54) is 0 Å². The fraction of sp³-hybridized carbons (Fsp3) is 0.500. The molecule has 4 N–H and O–H groups in total. The first-order chi connectivity index (χ1) is 9.20. The number of carbonyl (C=O) groups excluding carboxylic acids is 1. The maximum Gasteiger partial charge on any atom is 0.255 e. The average Bonchev–Trinajstić information content (AvgIpc) is 2.91. The third-order valence-electron chi connectivity index (χ3n) is 3.10. The summed E-state index contributed by atoms with van der Waals surface area (Å²) < 4.78 is 6.03. The smallest absolute Gasteiger partial charge is 0.255 e. The van der Waals surface area contributed by atoms with Crippen LogP contribution in [-0.2, 0) is 4.74 Å². The van der Waals surface area contributed by atoms with E-state index in [0.717, 1.165) is 30.5 Å². The molecule has 1 amide bonds. The largest absolute Gasteiger partial charge is 0.381 e. The van der Waals surface area contributed by atoms with Gasteiger partial charge < -0.3 is 15.5 Å². The molecule has 19 heavy (non-hydrogen) atoms. The summed E-state index contributed by atoms with van der Waals surface area (Å²) in [6, 6.07) is 1.69. The van der Waals surface area contributed by atoms with Crippen molar-refractivity contribution in [3.8, 4) is 0 Å². The summed E-state index contributed by atoms with van der Waals surface area (Å²) in [6.07, 6.45) is 3.59. The van der Waals surface area contributed by atoms with Gasteiger partial charge in [0, 0.05) is 30.4 Å². The molecular weight excluding hydrogens is 312 g/mol. The zero-order valence-electron chi connectivity index (χ0n) is 10.5. The second kappa shape index (κ2) is 6.83. The van der Waals surface area contributed by atoms with E-state index in [-0.39, 0.29) is 5.91 Å². The van der Waals surface area contributed by atoms with Crippen LogP contribution in [0.15, 0.2) is 16.7 Å². The molecule has 0 aliphatic carbocycles. The molecule has 1 unspecified atom stereocenters. The fourth-order valence-electron chi connectivity index (χ4n) is 2.02. The van der Waals surface area contributed by atoms with Crippen molar-refractivity contribution in [1.29, 1.82) is 0 Å². The van der Waals surface area contributed by atoms with Crippen LogP contribution in [0.3, 0.4) is 0 Å². The van der Waals surface area contributed by atoms with Crippen molar-refractivity contribution in [1.82, 2.24) is 10.3 Å². The highest BCUT2D eigenvalue weighted by Crippen LogP contribution is 2.18. The number of rotatable bonds is 5. The van der Waals surface area contributed by atoms with E-state index in [1.54, 1.807) is 12.3 Å². The minimum Gasteiger partial charge on any atom is -0.381 e. The van der Waals surface area contributed by atoms with E-state index in [2.05, 4.69) is 31.7 Å². The van der Waals surface area contributed by atoms with Gasteiger partial charge in [-0.1, -0.05) is 0 Å². The minimum absolute atomic E-state index is 0.180. The van der Waals surface area contributed by atoms with Crippen LogP contribution in [0.2, 0.25) is 0 Å². The van der Waals surface area contributed by atoms with E-state index in [1.807, 2.05) is 0 Å². The number of nitrogens with one attached hydrogen (secondary N) is 2. The number of carbonyl (C=O) groups is 1. The van der Waals surface area contributed by atoms with Crippen LogP contribution in [0.5, 0.6) is 0 Å². The number of anilines is 1. The minimum atomic E-state index is -0.180. The van der Waals surface area contributed by atoms with Crippen molar-refractivity contribution in [2.24, 2.45) is 11.8 Å². The molecule has 0 saturated carbocycles. The topological polar surface area (TPSA) is 89.3 Å². The number of nitrogens with zero attached hydrogens (tertiary/aromatic N) is 1. The van der Waals surface area contributed by atoms with Crippen LogP contribution in [0.4, 0.5) is 5.82 Å². The van der Waals surface area contributed by atoms with E-state index in [4.69, 9.17) is 10.6 Å². The highest BCUT2D eigenvalue weighted by molar-refractivity contribution is 9.10. The Bertz CT molecular complexity index is 449. The lowest BCUT2D eigenvalue weighted by atomic mass is 10.1. The SMILES string of the molecule is NNc1ncc(Br)cc1C(=O)NCCC1CCOC1. The zero-order chi connectivity index (χ0) is 13.7. The van der Waals surface area contributed by atoms with Gasteiger partial charge in [0.15, 0.2) is 5.82 Å². The normalized spacial score (nSPS) is 18.3. The fourth-order valence-corrected chi connectivity index (χ4v) is 2.35. The Labute approximate surface area is 120 Å². The number of hydrazine groups is 1. The third kappa shape index (κ3) is 3.89. The summed E-state index contributed by atoms with van der Waals surface area (Å²) in [5.41, 5.74) is 2.85. The van der Waals surface area contributed by atoms with Gasteiger partial charge in [-0.15, -0.1) is 0 Å². The summed E-state index contributed by atoms with van der Waals surface area (Å²) in [5.74, 6) is 6.08. The molecule has 1 aliphatic heterocycles. The van der Waals surface area contributed by atoms with Crippen molar-refractivity contribution in [3.63, 3.8) is 0 Å². The Morgan fingerprint density at radius 2 is 2.47 bits per heavy atom. The van der Waals surface area contributed by atoms with Crippen LogP contribution in [0.1, 0.15) is 23.2 Å². The molecule has 1 saturated heterocycles. The molecule has 1 aliphatic rings. The zero-order valence-corrected chi connectivity index (χ0v) is 12.1. The summed E-state index contributed by atoms with van der Waals surface area (Å²) in [7, 11) is 0. The van der Waals surface area contributed by atoms with E-state index in [0.29, 0.717) is 23.8 Å². The maximum absolute atomic E-state index is 12.1. The first kappa shape index (κ1) is 14.2. The third-order valence-corrected chi connectivity index (χ3v) is 3.53. The first-order valence-corrected chi connectivity index (χ1v) is 6.98. The Kier molecular flexibility index (Phi) is 5.12. The Hall–Kier alpha value is -1.18. The predicted molar refractivity (Wildman–Crippen MR) is 75.6 cm³/mol. The highest BCUT2D eigenvalue weighted by atomic mass is 79.9. The lowest BCUT2D eigenvalue weighted by Gasteiger charge is -2.11. The first-order valence-electron chi connectivity index (χ1n) is 6.19. The number of nitrogen functional groups attached to an aromatic ring is 1. The Balaban J connectivity index is 1.89. The lowest BCUT2D eigenvalue weighted by molar-refractivity contribution is 0.0951.